The van der Waals surface area contributed by atoms with Crippen LogP contribution in [0.15, 0.2) is 43.1 Å². The molecule has 0 saturated heterocycles. The Bertz CT molecular complexity index is 856. The monoisotopic (exact) mass is 352 g/mol. The number of aryl methyl sites for hydroxylation is 2. The molecule has 1 aliphatic rings. The van der Waals surface area contributed by atoms with E-state index in [1.807, 2.05) is 37.0 Å². The second kappa shape index (κ2) is 7.29. The van der Waals surface area contributed by atoms with Crippen molar-refractivity contribution in [2.75, 3.05) is 0 Å². The van der Waals surface area contributed by atoms with Gasteiger partial charge in [-0.1, -0.05) is 0 Å². The molecule has 0 spiro atoms. The third kappa shape index (κ3) is 3.62. The highest BCUT2D eigenvalue weighted by Gasteiger charge is 2.29. The predicted octanol–water partition coefficient (Wildman–Crippen LogP) is 2.40. The van der Waals surface area contributed by atoms with Crippen molar-refractivity contribution >= 4 is 0 Å². The molecule has 7 heteroatoms. The normalized spacial score (nSPS) is 19.8. The van der Waals surface area contributed by atoms with E-state index >= 15 is 0 Å². The minimum atomic E-state index is 0.190. The maximum Gasteiger partial charge on any atom is 0.157 e. The fraction of sp³-hybridized carbons (Fsp3) is 0.421. The molecule has 1 N–H and O–H groups in total. The summed E-state index contributed by atoms with van der Waals surface area (Å²) in [6, 6.07) is 4.26. The molecular weight excluding hydrogens is 328 g/mol. The van der Waals surface area contributed by atoms with Gasteiger partial charge in [0.15, 0.2) is 5.75 Å². The molecule has 0 aliphatic heterocycles. The summed E-state index contributed by atoms with van der Waals surface area (Å²) in [5.74, 6) is 0.841. The van der Waals surface area contributed by atoms with Crippen LogP contribution in [-0.2, 0) is 13.6 Å². The number of pyridine rings is 1. The molecule has 4 rings (SSSR count). The van der Waals surface area contributed by atoms with Crippen LogP contribution < -0.4 is 10.1 Å². The minimum Gasteiger partial charge on any atom is -0.486 e. The van der Waals surface area contributed by atoms with Gasteiger partial charge in [0, 0.05) is 43.8 Å². The van der Waals surface area contributed by atoms with Gasteiger partial charge in [0.25, 0.3) is 0 Å². The first-order valence-corrected chi connectivity index (χ1v) is 9.03. The largest absolute Gasteiger partial charge is 0.486 e. The molecule has 1 saturated carbocycles. The maximum absolute atomic E-state index is 6.13. The van der Waals surface area contributed by atoms with E-state index in [1.54, 1.807) is 23.3 Å². The molecule has 0 unspecified atom stereocenters. The zero-order valence-electron chi connectivity index (χ0n) is 15.2. The van der Waals surface area contributed by atoms with Crippen LogP contribution in [0.2, 0.25) is 0 Å². The van der Waals surface area contributed by atoms with Crippen molar-refractivity contribution in [2.24, 2.45) is 7.05 Å². The average molecular weight is 352 g/mol. The Labute approximate surface area is 153 Å². The topological polar surface area (TPSA) is 69.8 Å². The lowest BCUT2D eigenvalue weighted by atomic mass is 10.2. The minimum absolute atomic E-state index is 0.190. The first-order valence-electron chi connectivity index (χ1n) is 9.03. The summed E-state index contributed by atoms with van der Waals surface area (Å²) in [5.41, 5.74) is 3.26. The summed E-state index contributed by atoms with van der Waals surface area (Å²) in [7, 11) is 1.90. The van der Waals surface area contributed by atoms with Gasteiger partial charge in [0.1, 0.15) is 6.10 Å². The molecule has 0 amide bonds. The van der Waals surface area contributed by atoms with E-state index in [-0.39, 0.29) is 6.10 Å². The van der Waals surface area contributed by atoms with E-state index < -0.39 is 0 Å². The number of nitrogens with one attached hydrogen (secondary N) is 1. The van der Waals surface area contributed by atoms with Crippen molar-refractivity contribution < 1.29 is 4.74 Å². The lowest BCUT2D eigenvalue weighted by Crippen LogP contribution is -2.38. The number of nitrogens with zero attached hydrogens (tertiary/aromatic N) is 5. The quantitative estimate of drug-likeness (QED) is 0.738. The fourth-order valence-electron chi connectivity index (χ4n) is 3.47. The Morgan fingerprint density at radius 3 is 2.85 bits per heavy atom. The Hall–Kier alpha value is -2.67. The molecule has 1 aliphatic carbocycles. The van der Waals surface area contributed by atoms with Crippen LogP contribution in [0.25, 0.3) is 5.69 Å². The van der Waals surface area contributed by atoms with Gasteiger partial charge in [-0.15, -0.1) is 0 Å². The molecule has 136 valence electrons. The highest BCUT2D eigenvalue weighted by molar-refractivity contribution is 5.30. The summed E-state index contributed by atoms with van der Waals surface area (Å²) in [5, 5.41) is 12.5. The molecule has 7 nitrogen and oxygen atoms in total. The number of hydrogen-bond donors (Lipinski definition) is 1. The van der Waals surface area contributed by atoms with Crippen LogP contribution in [0, 0.1) is 6.92 Å². The molecule has 3 heterocycles. The molecule has 26 heavy (non-hydrogen) atoms. The molecule has 3 aromatic rings. The predicted molar refractivity (Wildman–Crippen MR) is 98.2 cm³/mol. The van der Waals surface area contributed by atoms with Crippen molar-refractivity contribution in [1.29, 1.82) is 0 Å². The van der Waals surface area contributed by atoms with Crippen LogP contribution in [-0.4, -0.2) is 36.7 Å². The van der Waals surface area contributed by atoms with Gasteiger partial charge in [-0.25, -0.2) is 4.68 Å². The lowest BCUT2D eigenvalue weighted by molar-refractivity contribution is 0.174. The van der Waals surface area contributed by atoms with Crippen molar-refractivity contribution in [3.05, 3.63) is 54.4 Å². The first-order chi connectivity index (χ1) is 12.7. The van der Waals surface area contributed by atoms with E-state index in [0.29, 0.717) is 6.04 Å². The van der Waals surface area contributed by atoms with Crippen LogP contribution in [0.1, 0.15) is 30.5 Å². The summed E-state index contributed by atoms with van der Waals surface area (Å²) in [6.07, 6.45) is 12.9. The maximum atomic E-state index is 6.13. The number of hydrogen-bond acceptors (Lipinski definition) is 5. The van der Waals surface area contributed by atoms with E-state index in [0.717, 1.165) is 36.5 Å². The molecule has 3 aromatic heterocycles. The second-order valence-electron chi connectivity index (χ2n) is 6.81. The molecule has 0 bridgehead atoms. The second-order valence-corrected chi connectivity index (χ2v) is 6.81. The number of aromatic nitrogens is 5. The molecule has 0 aromatic carbocycles. The Balaban J connectivity index is 1.39. The zero-order valence-corrected chi connectivity index (χ0v) is 15.2. The molecular formula is C19H24N6O. The summed E-state index contributed by atoms with van der Waals surface area (Å²) >= 11 is 0. The van der Waals surface area contributed by atoms with Crippen molar-refractivity contribution in [3.63, 3.8) is 0 Å². The summed E-state index contributed by atoms with van der Waals surface area (Å²) < 4.78 is 9.80. The number of rotatable bonds is 6. The third-order valence-electron chi connectivity index (χ3n) is 4.90. The van der Waals surface area contributed by atoms with Gasteiger partial charge in [-0.3, -0.25) is 9.67 Å². The smallest absolute Gasteiger partial charge is 0.157 e. The standard InChI is InChI=1S/C19H24N6O/c1-14-15(12-25(23-14)16-6-8-20-9-7-16)10-21-18-4-3-5-19(18)26-17-11-22-24(2)13-17/h6-9,11-13,18-19,21H,3-5,10H2,1-2H3/t18-,19+/m0/s1. The highest BCUT2D eigenvalue weighted by atomic mass is 16.5. The van der Waals surface area contributed by atoms with Crippen molar-refractivity contribution in [1.82, 2.24) is 29.9 Å². The third-order valence-corrected chi connectivity index (χ3v) is 4.90. The van der Waals surface area contributed by atoms with E-state index in [4.69, 9.17) is 4.74 Å². The van der Waals surface area contributed by atoms with Crippen LogP contribution >= 0.6 is 0 Å². The molecule has 2 atom stereocenters. The van der Waals surface area contributed by atoms with Crippen molar-refractivity contribution in [2.45, 2.75) is 44.9 Å². The average Bonchev–Trinajstić information content (AvgIpc) is 3.35. The Kier molecular flexibility index (Phi) is 4.71. The SMILES string of the molecule is Cc1nn(-c2ccncc2)cc1CN[C@H]1CCC[C@H]1Oc1cnn(C)c1. The fourth-order valence-corrected chi connectivity index (χ4v) is 3.47. The van der Waals surface area contributed by atoms with Gasteiger partial charge in [-0.2, -0.15) is 10.2 Å². The molecule has 1 fully saturated rings. The summed E-state index contributed by atoms with van der Waals surface area (Å²) in [4.78, 5) is 4.06. The van der Waals surface area contributed by atoms with Gasteiger partial charge in [0.05, 0.1) is 23.8 Å². The van der Waals surface area contributed by atoms with E-state index in [9.17, 15) is 0 Å². The van der Waals surface area contributed by atoms with Gasteiger partial charge in [0.2, 0.25) is 0 Å². The van der Waals surface area contributed by atoms with Gasteiger partial charge in [-0.05, 0) is 38.3 Å². The highest BCUT2D eigenvalue weighted by Crippen LogP contribution is 2.25. The van der Waals surface area contributed by atoms with Gasteiger partial charge < -0.3 is 10.1 Å². The van der Waals surface area contributed by atoms with Crippen molar-refractivity contribution in [3.8, 4) is 11.4 Å². The van der Waals surface area contributed by atoms with Crippen LogP contribution in [0.5, 0.6) is 5.75 Å². The van der Waals surface area contributed by atoms with Crippen LogP contribution in [0.3, 0.4) is 0 Å². The first kappa shape index (κ1) is 16.8. The van der Waals surface area contributed by atoms with E-state index in [2.05, 4.69) is 26.7 Å². The Morgan fingerprint density at radius 1 is 1.23 bits per heavy atom. The lowest BCUT2D eigenvalue weighted by Gasteiger charge is -2.21. The summed E-state index contributed by atoms with van der Waals surface area (Å²) in [6.45, 7) is 2.83. The zero-order chi connectivity index (χ0) is 17.9. The Morgan fingerprint density at radius 2 is 2.08 bits per heavy atom. The number of ether oxygens (including phenoxy) is 1. The molecule has 0 radical (unpaired) electrons. The van der Waals surface area contributed by atoms with Crippen LogP contribution in [0.4, 0.5) is 0 Å². The van der Waals surface area contributed by atoms with Gasteiger partial charge >= 0.3 is 0 Å². The van der Waals surface area contributed by atoms with E-state index in [1.165, 1.54) is 12.0 Å².